The summed E-state index contributed by atoms with van der Waals surface area (Å²) in [5, 5.41) is 8.82. The molecular formula is C7H5BrF3NO. The SMILES string of the molecule is Oc1cnc(CBr)c(C(F)(F)F)c1. The molecule has 0 aliphatic heterocycles. The number of hydrogen-bond acceptors (Lipinski definition) is 2. The lowest BCUT2D eigenvalue weighted by Gasteiger charge is -2.09. The number of aromatic hydroxyl groups is 1. The van der Waals surface area contributed by atoms with Gasteiger partial charge in [-0.2, -0.15) is 13.2 Å². The topological polar surface area (TPSA) is 33.1 Å². The van der Waals surface area contributed by atoms with E-state index in [0.29, 0.717) is 6.07 Å². The van der Waals surface area contributed by atoms with Gasteiger partial charge in [0.25, 0.3) is 0 Å². The van der Waals surface area contributed by atoms with Crippen molar-refractivity contribution in [1.82, 2.24) is 4.98 Å². The molecule has 1 rings (SSSR count). The van der Waals surface area contributed by atoms with E-state index in [1.54, 1.807) is 0 Å². The van der Waals surface area contributed by atoms with Crippen molar-refractivity contribution >= 4 is 15.9 Å². The highest BCUT2D eigenvalue weighted by Gasteiger charge is 2.34. The smallest absolute Gasteiger partial charge is 0.418 e. The average Bonchev–Trinajstić information content (AvgIpc) is 2.03. The fourth-order valence-corrected chi connectivity index (χ4v) is 1.28. The Labute approximate surface area is 80.5 Å². The van der Waals surface area contributed by atoms with Gasteiger partial charge in [0.05, 0.1) is 17.5 Å². The molecular weight excluding hydrogens is 251 g/mol. The monoisotopic (exact) mass is 255 g/mol. The van der Waals surface area contributed by atoms with Gasteiger partial charge in [0.1, 0.15) is 5.75 Å². The molecule has 1 aromatic heterocycles. The third-order valence-electron chi connectivity index (χ3n) is 1.39. The Morgan fingerprint density at radius 3 is 2.54 bits per heavy atom. The lowest BCUT2D eigenvalue weighted by molar-refractivity contribution is -0.138. The highest BCUT2D eigenvalue weighted by molar-refractivity contribution is 9.08. The first-order valence-corrected chi connectivity index (χ1v) is 4.38. The lowest BCUT2D eigenvalue weighted by atomic mass is 10.2. The van der Waals surface area contributed by atoms with Gasteiger partial charge in [0, 0.05) is 5.33 Å². The Morgan fingerprint density at radius 2 is 2.08 bits per heavy atom. The number of rotatable bonds is 1. The van der Waals surface area contributed by atoms with Crippen LogP contribution in [0.4, 0.5) is 13.2 Å². The van der Waals surface area contributed by atoms with Crippen LogP contribution in [0.15, 0.2) is 12.3 Å². The van der Waals surface area contributed by atoms with Crippen molar-refractivity contribution < 1.29 is 18.3 Å². The van der Waals surface area contributed by atoms with E-state index in [0.717, 1.165) is 6.20 Å². The summed E-state index contributed by atoms with van der Waals surface area (Å²) in [4.78, 5) is 3.45. The zero-order valence-electron chi connectivity index (χ0n) is 6.27. The Hall–Kier alpha value is -0.780. The molecule has 0 aliphatic carbocycles. The highest BCUT2D eigenvalue weighted by Crippen LogP contribution is 2.33. The van der Waals surface area contributed by atoms with Crippen LogP contribution in [0.25, 0.3) is 0 Å². The van der Waals surface area contributed by atoms with Crippen molar-refractivity contribution in [3.05, 3.63) is 23.5 Å². The maximum atomic E-state index is 12.2. The van der Waals surface area contributed by atoms with Crippen LogP contribution < -0.4 is 0 Å². The second-order valence-corrected chi connectivity index (χ2v) is 2.88. The predicted octanol–water partition coefficient (Wildman–Crippen LogP) is 2.70. The van der Waals surface area contributed by atoms with Crippen LogP contribution >= 0.6 is 15.9 Å². The van der Waals surface area contributed by atoms with Crippen LogP contribution in [0.3, 0.4) is 0 Å². The van der Waals surface area contributed by atoms with E-state index in [1.807, 2.05) is 0 Å². The molecule has 0 aromatic carbocycles. The second kappa shape index (κ2) is 3.53. The fourth-order valence-electron chi connectivity index (χ4n) is 0.834. The van der Waals surface area contributed by atoms with Gasteiger partial charge < -0.3 is 5.11 Å². The van der Waals surface area contributed by atoms with E-state index in [-0.39, 0.29) is 11.0 Å². The summed E-state index contributed by atoms with van der Waals surface area (Å²) in [7, 11) is 0. The van der Waals surface area contributed by atoms with Crippen molar-refractivity contribution in [1.29, 1.82) is 0 Å². The third kappa shape index (κ3) is 2.33. The Balaban J connectivity index is 3.24. The summed E-state index contributed by atoms with van der Waals surface area (Å²) in [6.07, 6.45) is -3.50. The maximum absolute atomic E-state index is 12.2. The molecule has 72 valence electrons. The van der Waals surface area contributed by atoms with E-state index in [4.69, 9.17) is 5.11 Å². The highest BCUT2D eigenvalue weighted by atomic mass is 79.9. The number of pyridine rings is 1. The molecule has 1 aromatic rings. The summed E-state index contributed by atoms with van der Waals surface area (Å²) < 4.78 is 36.7. The molecule has 1 N–H and O–H groups in total. The number of alkyl halides is 4. The normalized spacial score (nSPS) is 11.7. The van der Waals surface area contributed by atoms with Crippen LogP contribution in [0.5, 0.6) is 5.75 Å². The summed E-state index contributed by atoms with van der Waals surface area (Å²) in [5.74, 6) is -0.489. The molecule has 0 radical (unpaired) electrons. The molecule has 0 spiro atoms. The Morgan fingerprint density at radius 1 is 1.46 bits per heavy atom. The maximum Gasteiger partial charge on any atom is 0.418 e. The molecule has 13 heavy (non-hydrogen) atoms. The van der Waals surface area contributed by atoms with Crippen molar-refractivity contribution in [3.8, 4) is 5.75 Å². The van der Waals surface area contributed by atoms with Crippen LogP contribution in [0, 0.1) is 0 Å². The van der Waals surface area contributed by atoms with Gasteiger partial charge in [-0.25, -0.2) is 0 Å². The predicted molar refractivity (Wildman–Crippen MR) is 43.5 cm³/mol. The van der Waals surface area contributed by atoms with E-state index in [1.165, 1.54) is 0 Å². The van der Waals surface area contributed by atoms with Gasteiger partial charge in [-0.15, -0.1) is 0 Å². The summed E-state index contributed by atoms with van der Waals surface area (Å²) in [6, 6.07) is 0.656. The standard InChI is InChI=1S/C7H5BrF3NO/c8-2-6-5(7(9,10)11)1-4(13)3-12-6/h1,3,13H,2H2. The van der Waals surface area contributed by atoms with Gasteiger partial charge in [-0.1, -0.05) is 15.9 Å². The molecule has 0 bridgehead atoms. The molecule has 0 fully saturated rings. The number of aromatic nitrogens is 1. The first-order chi connectivity index (χ1) is 5.95. The van der Waals surface area contributed by atoms with Crippen LogP contribution in [0.2, 0.25) is 0 Å². The van der Waals surface area contributed by atoms with Crippen molar-refractivity contribution in [2.75, 3.05) is 0 Å². The molecule has 1 heterocycles. The largest absolute Gasteiger partial charge is 0.506 e. The Kier molecular flexibility index (Phi) is 2.80. The van der Waals surface area contributed by atoms with Crippen LogP contribution in [-0.2, 0) is 11.5 Å². The molecule has 0 atom stereocenters. The molecule has 0 aliphatic rings. The quantitative estimate of drug-likeness (QED) is 0.783. The van der Waals surface area contributed by atoms with E-state index in [9.17, 15) is 13.2 Å². The zero-order chi connectivity index (χ0) is 10.1. The number of halogens is 4. The molecule has 2 nitrogen and oxygen atoms in total. The van der Waals surface area contributed by atoms with Crippen molar-refractivity contribution in [2.24, 2.45) is 0 Å². The van der Waals surface area contributed by atoms with Gasteiger partial charge in [0.15, 0.2) is 0 Å². The van der Waals surface area contributed by atoms with Gasteiger partial charge in [-0.05, 0) is 6.07 Å². The summed E-state index contributed by atoms with van der Waals surface area (Å²) >= 11 is 2.88. The van der Waals surface area contributed by atoms with Crippen LogP contribution in [0.1, 0.15) is 11.3 Å². The third-order valence-corrected chi connectivity index (χ3v) is 1.92. The first kappa shape index (κ1) is 10.3. The second-order valence-electron chi connectivity index (χ2n) is 2.32. The fraction of sp³-hybridized carbons (Fsp3) is 0.286. The molecule has 0 saturated carbocycles. The minimum Gasteiger partial charge on any atom is -0.506 e. The first-order valence-electron chi connectivity index (χ1n) is 3.26. The van der Waals surface area contributed by atoms with E-state index in [2.05, 4.69) is 20.9 Å². The zero-order valence-corrected chi connectivity index (χ0v) is 7.85. The van der Waals surface area contributed by atoms with E-state index < -0.39 is 17.5 Å². The number of nitrogens with zero attached hydrogens (tertiary/aromatic N) is 1. The average molecular weight is 256 g/mol. The summed E-state index contributed by atoms with van der Waals surface area (Å²) in [6.45, 7) is 0. The molecule has 0 saturated heterocycles. The molecule has 0 amide bonds. The Bertz CT molecular complexity index is 313. The van der Waals surface area contributed by atoms with Crippen molar-refractivity contribution in [3.63, 3.8) is 0 Å². The van der Waals surface area contributed by atoms with Crippen LogP contribution in [-0.4, -0.2) is 10.1 Å². The van der Waals surface area contributed by atoms with Gasteiger partial charge >= 0.3 is 6.18 Å². The van der Waals surface area contributed by atoms with Crippen molar-refractivity contribution in [2.45, 2.75) is 11.5 Å². The lowest BCUT2D eigenvalue weighted by Crippen LogP contribution is -2.09. The molecule has 6 heteroatoms. The van der Waals surface area contributed by atoms with Gasteiger partial charge in [0.2, 0.25) is 0 Å². The minimum atomic E-state index is -4.48. The minimum absolute atomic E-state index is 0.00211. The summed E-state index contributed by atoms with van der Waals surface area (Å²) in [5.41, 5.74) is -1.05. The van der Waals surface area contributed by atoms with E-state index >= 15 is 0 Å². The number of hydrogen-bond donors (Lipinski definition) is 1. The molecule has 0 unspecified atom stereocenters. The van der Waals surface area contributed by atoms with Gasteiger partial charge in [-0.3, -0.25) is 4.98 Å².